The molecule has 0 atom stereocenters. The van der Waals surface area contributed by atoms with Crippen molar-refractivity contribution in [3.63, 3.8) is 0 Å². The van der Waals surface area contributed by atoms with Gasteiger partial charge in [-0.3, -0.25) is 4.74 Å². The molecule has 0 spiro atoms. The van der Waals surface area contributed by atoms with Crippen LogP contribution >= 0.6 is 0 Å². The van der Waals surface area contributed by atoms with Gasteiger partial charge in [-0.15, -0.1) is 0 Å². The summed E-state index contributed by atoms with van der Waals surface area (Å²) in [6.07, 6.45) is -7.50. The number of sulfonamides is 1. The third-order valence-electron chi connectivity index (χ3n) is 2.55. The number of aromatic nitrogens is 2. The highest BCUT2D eigenvalue weighted by molar-refractivity contribution is 7.89. The molecular weight excluding hydrogens is 322 g/mol. The maximum absolute atomic E-state index is 13.1. The Hall–Kier alpha value is -1.24. The van der Waals surface area contributed by atoms with E-state index in [1.165, 1.54) is 7.11 Å². The highest BCUT2D eigenvalue weighted by Gasteiger charge is 2.55. The number of hydrogen-bond donors (Lipinski definition) is 0. The summed E-state index contributed by atoms with van der Waals surface area (Å²) in [5, 5.41) is 3.09. The summed E-state index contributed by atoms with van der Waals surface area (Å²) in [6, 6.07) is 1.00. The Morgan fingerprint density at radius 3 is 2.43 bits per heavy atom. The number of nitrogens with zero attached hydrogens (tertiary/aromatic N) is 3. The number of rotatable bonds is 4. The van der Waals surface area contributed by atoms with E-state index in [2.05, 4.69) is 14.6 Å². The Balaban J connectivity index is 2.37. The number of hydrogen-bond acceptors (Lipinski definition) is 5. The van der Waals surface area contributed by atoms with Crippen LogP contribution in [0.1, 0.15) is 0 Å². The lowest BCUT2D eigenvalue weighted by atomic mass is 10.4. The molecule has 0 amide bonds. The van der Waals surface area contributed by atoms with E-state index < -0.39 is 40.4 Å². The van der Waals surface area contributed by atoms with E-state index in [1.54, 1.807) is 0 Å². The van der Waals surface area contributed by atoms with E-state index in [0.29, 0.717) is 0 Å². The highest BCUT2D eigenvalue weighted by atomic mass is 32.2. The van der Waals surface area contributed by atoms with Crippen molar-refractivity contribution in [1.82, 2.24) is 14.1 Å². The normalized spacial score (nSPS) is 22.3. The molecule has 1 aromatic rings. The standard InChI is InChI=1S/C9H11F4N3O4S/c1-19-6-16-7(2-3-14-16)21(17,18)15-4-8(10,11)20-9(12,13)5-15/h2-3H,4-6H2,1H3. The Labute approximate surface area is 117 Å². The molecule has 7 nitrogen and oxygen atoms in total. The molecule has 0 bridgehead atoms. The van der Waals surface area contributed by atoms with Gasteiger partial charge in [0.25, 0.3) is 10.0 Å². The predicted molar refractivity (Wildman–Crippen MR) is 59.0 cm³/mol. The second kappa shape index (κ2) is 5.19. The number of methoxy groups -OCH3 is 1. The van der Waals surface area contributed by atoms with Crippen LogP contribution in [0.3, 0.4) is 0 Å². The zero-order chi connectivity index (χ0) is 15.9. The number of ether oxygens (including phenoxy) is 2. The fourth-order valence-electron chi connectivity index (χ4n) is 1.81. The van der Waals surface area contributed by atoms with E-state index in [4.69, 9.17) is 0 Å². The molecule has 0 unspecified atom stereocenters. The SMILES string of the molecule is COCn1nccc1S(=O)(=O)N1CC(F)(F)OC(F)(F)C1. The zero-order valence-corrected chi connectivity index (χ0v) is 11.5. The van der Waals surface area contributed by atoms with Crippen molar-refractivity contribution in [2.24, 2.45) is 0 Å². The fourth-order valence-corrected chi connectivity index (χ4v) is 3.31. The Morgan fingerprint density at radius 1 is 1.33 bits per heavy atom. The minimum atomic E-state index is -4.60. The molecule has 0 aromatic carbocycles. The smallest absolute Gasteiger partial charge is 0.362 e. The van der Waals surface area contributed by atoms with Gasteiger partial charge in [0.2, 0.25) is 0 Å². The third kappa shape index (κ3) is 3.33. The molecule has 12 heteroatoms. The van der Waals surface area contributed by atoms with Crippen molar-refractivity contribution in [3.8, 4) is 0 Å². The van der Waals surface area contributed by atoms with Crippen molar-refractivity contribution >= 4 is 10.0 Å². The minimum Gasteiger partial charge on any atom is -0.362 e. The highest BCUT2D eigenvalue weighted by Crippen LogP contribution is 2.35. The van der Waals surface area contributed by atoms with Crippen molar-refractivity contribution in [2.75, 3.05) is 20.2 Å². The number of alkyl halides is 4. The average molecular weight is 333 g/mol. The van der Waals surface area contributed by atoms with Gasteiger partial charge in [-0.2, -0.15) is 27.0 Å². The van der Waals surface area contributed by atoms with Gasteiger partial charge in [0.1, 0.15) is 19.8 Å². The molecule has 0 saturated carbocycles. The largest absolute Gasteiger partial charge is 0.374 e. The van der Waals surface area contributed by atoms with E-state index in [1.807, 2.05) is 0 Å². The van der Waals surface area contributed by atoms with Crippen LogP contribution in [0, 0.1) is 0 Å². The fraction of sp³-hybridized carbons (Fsp3) is 0.667. The molecule has 2 heterocycles. The third-order valence-corrected chi connectivity index (χ3v) is 4.37. The monoisotopic (exact) mass is 333 g/mol. The first-order chi connectivity index (χ1) is 9.57. The molecule has 1 saturated heterocycles. The lowest BCUT2D eigenvalue weighted by molar-refractivity contribution is -0.397. The van der Waals surface area contributed by atoms with Gasteiger partial charge >= 0.3 is 12.2 Å². The maximum Gasteiger partial charge on any atom is 0.374 e. The Bertz CT molecular complexity index is 602. The summed E-state index contributed by atoms with van der Waals surface area (Å²) < 4.78 is 85.6. The molecule has 1 aliphatic heterocycles. The van der Waals surface area contributed by atoms with Crippen molar-refractivity contribution in [3.05, 3.63) is 12.3 Å². The second-order valence-corrected chi connectivity index (χ2v) is 6.12. The van der Waals surface area contributed by atoms with Crippen molar-refractivity contribution in [1.29, 1.82) is 0 Å². The van der Waals surface area contributed by atoms with Gasteiger partial charge in [0.15, 0.2) is 5.03 Å². The molecule has 1 aliphatic rings. The lowest BCUT2D eigenvalue weighted by Crippen LogP contribution is -2.56. The Kier molecular flexibility index (Phi) is 3.99. The van der Waals surface area contributed by atoms with Gasteiger partial charge in [0, 0.05) is 7.11 Å². The summed E-state index contributed by atoms with van der Waals surface area (Å²) in [4.78, 5) is 0. The summed E-state index contributed by atoms with van der Waals surface area (Å²) >= 11 is 0. The number of morpholine rings is 1. The maximum atomic E-state index is 13.1. The molecule has 0 N–H and O–H groups in total. The second-order valence-electron chi connectivity index (χ2n) is 4.24. The summed E-state index contributed by atoms with van der Waals surface area (Å²) in [6.45, 7) is -3.30. The molecule has 0 radical (unpaired) electrons. The average Bonchev–Trinajstić information content (AvgIpc) is 2.74. The first-order valence-electron chi connectivity index (χ1n) is 5.54. The lowest BCUT2D eigenvalue weighted by Gasteiger charge is -2.35. The molecular formula is C9H11F4N3O4S. The molecule has 2 rings (SSSR count). The zero-order valence-electron chi connectivity index (χ0n) is 10.7. The van der Waals surface area contributed by atoms with Gasteiger partial charge < -0.3 is 4.74 Å². The van der Waals surface area contributed by atoms with Crippen LogP contribution in [0.15, 0.2) is 17.3 Å². The summed E-state index contributed by atoms with van der Waals surface area (Å²) in [5.74, 6) is 0. The molecule has 0 aliphatic carbocycles. The van der Waals surface area contributed by atoms with Crippen LogP contribution in [0.4, 0.5) is 17.6 Å². The van der Waals surface area contributed by atoms with E-state index in [0.717, 1.165) is 16.9 Å². The summed E-state index contributed by atoms with van der Waals surface area (Å²) in [7, 11) is -3.34. The first kappa shape index (κ1) is 16.1. The van der Waals surface area contributed by atoms with Crippen LogP contribution in [0.25, 0.3) is 0 Å². The van der Waals surface area contributed by atoms with Gasteiger partial charge in [0.05, 0.1) is 6.20 Å². The first-order valence-corrected chi connectivity index (χ1v) is 6.98. The Morgan fingerprint density at radius 2 is 1.90 bits per heavy atom. The van der Waals surface area contributed by atoms with Gasteiger partial charge in [-0.1, -0.05) is 0 Å². The topological polar surface area (TPSA) is 73.7 Å². The van der Waals surface area contributed by atoms with Crippen molar-refractivity contribution in [2.45, 2.75) is 24.0 Å². The quantitative estimate of drug-likeness (QED) is 0.758. The summed E-state index contributed by atoms with van der Waals surface area (Å²) in [5.41, 5.74) is 0. The minimum absolute atomic E-state index is 0.0420. The molecule has 1 fully saturated rings. The van der Waals surface area contributed by atoms with E-state index in [-0.39, 0.29) is 11.0 Å². The van der Waals surface area contributed by atoms with Crippen LogP contribution in [-0.2, 0) is 26.2 Å². The van der Waals surface area contributed by atoms with E-state index >= 15 is 0 Å². The predicted octanol–water partition coefficient (Wildman–Crippen LogP) is 0.693. The van der Waals surface area contributed by atoms with Crippen LogP contribution in [-0.4, -0.2) is 54.9 Å². The van der Waals surface area contributed by atoms with Gasteiger partial charge in [-0.25, -0.2) is 13.1 Å². The van der Waals surface area contributed by atoms with E-state index in [9.17, 15) is 26.0 Å². The van der Waals surface area contributed by atoms with Crippen LogP contribution in [0.2, 0.25) is 0 Å². The van der Waals surface area contributed by atoms with Crippen LogP contribution in [0.5, 0.6) is 0 Å². The van der Waals surface area contributed by atoms with Crippen LogP contribution < -0.4 is 0 Å². The van der Waals surface area contributed by atoms with Crippen molar-refractivity contribution < 1.29 is 35.5 Å². The van der Waals surface area contributed by atoms with Gasteiger partial charge in [-0.05, 0) is 6.07 Å². The molecule has 1 aromatic heterocycles. The molecule has 21 heavy (non-hydrogen) atoms. The molecule has 120 valence electrons. The number of halogens is 4.